The molecule has 29 heavy (non-hydrogen) atoms. The van der Waals surface area contributed by atoms with Crippen LogP contribution in [0.3, 0.4) is 0 Å². The van der Waals surface area contributed by atoms with Gasteiger partial charge in [0.25, 0.3) is 0 Å². The van der Waals surface area contributed by atoms with Crippen molar-refractivity contribution in [1.82, 2.24) is 24.7 Å². The van der Waals surface area contributed by atoms with Crippen LogP contribution in [0.1, 0.15) is 6.42 Å². The van der Waals surface area contributed by atoms with E-state index < -0.39 is 28.3 Å². The molecule has 0 amide bonds. The molecule has 0 aliphatic heterocycles. The molecule has 3 aromatic rings. The van der Waals surface area contributed by atoms with Crippen LogP contribution in [0.4, 0.5) is 0 Å². The number of hydrogen-bond donors (Lipinski definition) is 3. The zero-order valence-corrected chi connectivity index (χ0v) is 16.2. The second kappa shape index (κ2) is 7.99. The van der Waals surface area contributed by atoms with E-state index in [1.807, 2.05) is 6.07 Å². The highest BCUT2D eigenvalue weighted by molar-refractivity contribution is 7.89. The first-order valence-corrected chi connectivity index (χ1v) is 10.7. The van der Waals surface area contributed by atoms with Gasteiger partial charge in [0, 0.05) is 30.4 Å². The van der Waals surface area contributed by atoms with E-state index >= 15 is 0 Å². The van der Waals surface area contributed by atoms with Crippen molar-refractivity contribution in [1.29, 1.82) is 0 Å². The number of sulfonamides is 1. The average molecular weight is 415 g/mol. The molecule has 0 bridgehead atoms. The van der Waals surface area contributed by atoms with E-state index in [0.29, 0.717) is 12.2 Å². The maximum atomic E-state index is 12.5. The van der Waals surface area contributed by atoms with E-state index in [2.05, 4.69) is 20.0 Å². The minimum atomic E-state index is -3.79. The third-order valence-electron chi connectivity index (χ3n) is 5.08. The third kappa shape index (κ3) is 4.20. The molecule has 4 atom stereocenters. The number of nitrogens with one attached hydrogen (secondary N) is 1. The lowest BCUT2D eigenvalue weighted by molar-refractivity contribution is 0.00972. The van der Waals surface area contributed by atoms with Crippen molar-refractivity contribution >= 4 is 10.0 Å². The second-order valence-electron chi connectivity index (χ2n) is 7.09. The van der Waals surface area contributed by atoms with Crippen LogP contribution in [-0.4, -0.2) is 56.9 Å². The summed E-state index contributed by atoms with van der Waals surface area (Å²) in [5.41, 5.74) is 1.46. The van der Waals surface area contributed by atoms with Crippen LogP contribution in [0, 0.1) is 5.92 Å². The van der Waals surface area contributed by atoms with E-state index in [1.54, 1.807) is 47.5 Å². The van der Waals surface area contributed by atoms with Gasteiger partial charge in [-0.25, -0.2) is 13.1 Å². The Morgan fingerprint density at radius 1 is 1.10 bits per heavy atom. The van der Waals surface area contributed by atoms with Crippen molar-refractivity contribution < 1.29 is 18.6 Å². The van der Waals surface area contributed by atoms with Crippen molar-refractivity contribution in [2.75, 3.05) is 0 Å². The monoisotopic (exact) mass is 415 g/mol. The van der Waals surface area contributed by atoms with Crippen molar-refractivity contribution in [2.45, 2.75) is 36.1 Å². The fourth-order valence-electron chi connectivity index (χ4n) is 3.56. The van der Waals surface area contributed by atoms with E-state index in [1.165, 1.54) is 12.1 Å². The summed E-state index contributed by atoms with van der Waals surface area (Å²) < 4.78 is 29.1. The molecule has 0 unspecified atom stereocenters. The number of aliphatic hydroxyl groups is 2. The minimum Gasteiger partial charge on any atom is -0.390 e. The molecule has 4 rings (SSSR count). The largest absolute Gasteiger partial charge is 0.390 e. The molecule has 1 aromatic carbocycles. The first kappa shape index (κ1) is 19.6. The highest BCUT2D eigenvalue weighted by atomic mass is 32.2. The van der Waals surface area contributed by atoms with Crippen LogP contribution in [-0.2, 0) is 16.6 Å². The van der Waals surface area contributed by atoms with Gasteiger partial charge in [-0.3, -0.25) is 9.67 Å². The van der Waals surface area contributed by atoms with Gasteiger partial charge < -0.3 is 10.2 Å². The summed E-state index contributed by atoms with van der Waals surface area (Å²) in [6.45, 7) is 0.301. The predicted octanol–water partition coefficient (Wildman–Crippen LogP) is 0.429. The minimum absolute atomic E-state index is 0.113. The summed E-state index contributed by atoms with van der Waals surface area (Å²) in [6.07, 6.45) is 3.07. The molecule has 1 fully saturated rings. The average Bonchev–Trinajstić information content (AvgIpc) is 3.30. The van der Waals surface area contributed by atoms with Gasteiger partial charge in [-0.2, -0.15) is 0 Å². The number of hydrogen-bond acceptors (Lipinski definition) is 7. The van der Waals surface area contributed by atoms with Crippen LogP contribution in [0.2, 0.25) is 0 Å². The van der Waals surface area contributed by atoms with Crippen molar-refractivity contribution in [3.63, 3.8) is 0 Å². The molecule has 2 heterocycles. The summed E-state index contributed by atoms with van der Waals surface area (Å²) in [4.78, 5) is 4.16. The van der Waals surface area contributed by atoms with E-state index in [4.69, 9.17) is 0 Å². The van der Waals surface area contributed by atoms with Gasteiger partial charge in [-0.1, -0.05) is 23.4 Å². The van der Waals surface area contributed by atoms with Crippen molar-refractivity contribution in [3.8, 4) is 11.3 Å². The van der Waals surface area contributed by atoms with Gasteiger partial charge in [0.2, 0.25) is 10.0 Å². The number of nitrogens with zero attached hydrogens (tertiary/aromatic N) is 4. The Kier molecular flexibility index (Phi) is 5.41. The second-order valence-corrected chi connectivity index (χ2v) is 8.80. The van der Waals surface area contributed by atoms with Crippen molar-refractivity contribution in [2.24, 2.45) is 5.92 Å². The fraction of sp³-hybridized carbons (Fsp3) is 0.316. The lowest BCUT2D eigenvalue weighted by Gasteiger charge is -2.18. The highest BCUT2D eigenvalue weighted by Crippen LogP contribution is 2.29. The molecule has 0 saturated heterocycles. The van der Waals surface area contributed by atoms with E-state index in [0.717, 1.165) is 5.56 Å². The Morgan fingerprint density at radius 2 is 1.90 bits per heavy atom. The van der Waals surface area contributed by atoms with Gasteiger partial charge in [0.15, 0.2) is 0 Å². The molecule has 3 N–H and O–H groups in total. The highest BCUT2D eigenvalue weighted by Gasteiger charge is 2.43. The normalized spacial score (nSPS) is 24.6. The lowest BCUT2D eigenvalue weighted by Crippen LogP contribution is -2.43. The molecular weight excluding hydrogens is 394 g/mol. The molecule has 0 radical (unpaired) electrons. The third-order valence-corrected chi connectivity index (χ3v) is 6.59. The Morgan fingerprint density at radius 3 is 2.62 bits per heavy atom. The predicted molar refractivity (Wildman–Crippen MR) is 104 cm³/mol. The molecule has 10 heteroatoms. The van der Waals surface area contributed by atoms with Gasteiger partial charge in [-0.05, 0) is 30.7 Å². The quantitative estimate of drug-likeness (QED) is 0.532. The number of pyridine rings is 1. The number of aromatic nitrogens is 4. The van der Waals surface area contributed by atoms with E-state index in [9.17, 15) is 18.6 Å². The molecule has 152 valence electrons. The van der Waals surface area contributed by atoms with Gasteiger partial charge in [0.05, 0.1) is 29.3 Å². The Hall–Kier alpha value is -2.66. The molecule has 1 aliphatic rings. The maximum Gasteiger partial charge on any atom is 0.240 e. The van der Waals surface area contributed by atoms with Gasteiger partial charge in [-0.15, -0.1) is 5.10 Å². The summed E-state index contributed by atoms with van der Waals surface area (Å²) in [6, 6.07) is 10.8. The topological polar surface area (TPSA) is 130 Å². The number of benzene rings is 1. The first-order valence-electron chi connectivity index (χ1n) is 9.18. The van der Waals surface area contributed by atoms with Crippen LogP contribution < -0.4 is 4.72 Å². The summed E-state index contributed by atoms with van der Waals surface area (Å²) in [5, 5.41) is 29.0. The van der Waals surface area contributed by atoms with Crippen LogP contribution in [0.25, 0.3) is 11.3 Å². The first-order chi connectivity index (χ1) is 13.9. The molecule has 9 nitrogen and oxygen atoms in total. The smallest absolute Gasteiger partial charge is 0.240 e. The molecule has 1 aliphatic carbocycles. The Bertz CT molecular complexity index is 1060. The molecule has 1 saturated carbocycles. The lowest BCUT2D eigenvalue weighted by atomic mass is 10.1. The standard InChI is InChI=1S/C19H21N5O4S/c25-18-14(11-24-12-17(21-23-24)13-5-4-8-20-10-13)9-16(19(18)26)22-29(27,28)15-6-2-1-3-7-15/h1-8,10,12,14,16,18-19,22,25-26H,9,11H2/t14-,16-,18-,19+/m1/s1. The van der Waals surface area contributed by atoms with Crippen LogP contribution >= 0.6 is 0 Å². The Labute approximate surface area is 168 Å². The fourth-order valence-corrected chi connectivity index (χ4v) is 4.85. The summed E-state index contributed by atoms with van der Waals surface area (Å²) in [7, 11) is -3.79. The van der Waals surface area contributed by atoms with Gasteiger partial charge in [0.1, 0.15) is 5.69 Å². The number of rotatable bonds is 6. The van der Waals surface area contributed by atoms with Crippen LogP contribution in [0.15, 0.2) is 66.0 Å². The molecule has 0 spiro atoms. The number of aliphatic hydroxyl groups excluding tert-OH is 2. The molecular formula is C19H21N5O4S. The van der Waals surface area contributed by atoms with E-state index in [-0.39, 0.29) is 17.2 Å². The maximum absolute atomic E-state index is 12.5. The van der Waals surface area contributed by atoms with Crippen molar-refractivity contribution in [3.05, 3.63) is 61.1 Å². The summed E-state index contributed by atoms with van der Waals surface area (Å²) >= 11 is 0. The molecule has 2 aromatic heterocycles. The zero-order valence-electron chi connectivity index (χ0n) is 15.4. The Balaban J connectivity index is 1.45. The zero-order chi connectivity index (χ0) is 20.4. The SMILES string of the molecule is O=S(=O)(N[C@@H]1C[C@H](Cn2cc(-c3cccnc3)nn2)[C@@H](O)[C@H]1O)c1ccccc1. The van der Waals surface area contributed by atoms with Crippen LogP contribution in [0.5, 0.6) is 0 Å². The van der Waals surface area contributed by atoms with Gasteiger partial charge >= 0.3 is 0 Å². The summed E-state index contributed by atoms with van der Waals surface area (Å²) in [5.74, 6) is -0.378.